The number of rotatable bonds is 5. The average Bonchev–Trinajstić information content (AvgIpc) is 3.23. The summed E-state index contributed by atoms with van der Waals surface area (Å²) < 4.78 is 5.73. The molecule has 33 heavy (non-hydrogen) atoms. The molecule has 2 amide bonds. The highest BCUT2D eigenvalue weighted by molar-refractivity contribution is 7.80. The second-order valence-electron chi connectivity index (χ2n) is 8.57. The Balaban J connectivity index is 1.29. The number of nitrogens with one attached hydrogen (secondary N) is 2. The highest BCUT2D eigenvalue weighted by atomic mass is 32.1. The van der Waals surface area contributed by atoms with Gasteiger partial charge < -0.3 is 24.9 Å². The van der Waals surface area contributed by atoms with Crippen LogP contribution in [0, 0.1) is 5.92 Å². The summed E-state index contributed by atoms with van der Waals surface area (Å²) >= 11 is 5.22. The first-order chi connectivity index (χ1) is 15.9. The monoisotopic (exact) mass is 464 g/mol. The summed E-state index contributed by atoms with van der Waals surface area (Å²) in [5.74, 6) is 0.505. The Kier molecular flexibility index (Phi) is 6.93. The second kappa shape index (κ2) is 10.0. The van der Waals surface area contributed by atoms with Gasteiger partial charge in [0.15, 0.2) is 10.9 Å². The number of hydrogen-bond acceptors (Lipinski definition) is 5. The number of hydrogen-bond donors (Lipinski definition) is 2. The molecule has 1 aromatic heterocycles. The van der Waals surface area contributed by atoms with Gasteiger partial charge in [-0.15, -0.1) is 0 Å². The van der Waals surface area contributed by atoms with Gasteiger partial charge in [0, 0.05) is 49.4 Å². The third kappa shape index (κ3) is 5.70. The minimum absolute atomic E-state index is 0.0709. The highest BCUT2D eigenvalue weighted by Crippen LogP contribution is 2.23. The quantitative estimate of drug-likeness (QED) is 0.550. The molecule has 1 aliphatic rings. The number of thiocarbonyl (C=S) groups is 1. The maximum absolute atomic E-state index is 12.9. The summed E-state index contributed by atoms with van der Waals surface area (Å²) in [5, 5.41) is 6.98. The Bertz CT molecular complexity index is 1110. The minimum Gasteiger partial charge on any atom is -0.451 e. The molecule has 1 fully saturated rings. The number of piperazine rings is 1. The van der Waals surface area contributed by atoms with Crippen LogP contribution in [0.4, 0.5) is 11.4 Å². The first-order valence-electron chi connectivity index (χ1n) is 11.1. The SMILES string of the molecule is CC(C)CC(=O)NC(=S)Nc1ccc(N2CCN(C(=O)c3cc4ccccc4o3)CC2)cc1. The number of para-hydroxylation sites is 1. The molecule has 1 aliphatic heterocycles. The molecule has 8 heteroatoms. The number of benzene rings is 2. The lowest BCUT2D eigenvalue weighted by Crippen LogP contribution is -2.48. The smallest absolute Gasteiger partial charge is 0.289 e. The van der Waals surface area contributed by atoms with Crippen LogP contribution in [0.3, 0.4) is 0 Å². The molecule has 0 radical (unpaired) electrons. The van der Waals surface area contributed by atoms with E-state index in [9.17, 15) is 9.59 Å². The van der Waals surface area contributed by atoms with Crippen LogP contribution < -0.4 is 15.5 Å². The molecule has 0 saturated carbocycles. The molecule has 0 aliphatic carbocycles. The van der Waals surface area contributed by atoms with Crippen molar-refractivity contribution in [1.29, 1.82) is 0 Å². The standard InChI is InChI=1S/C25H28N4O3S/c1-17(2)15-23(30)27-25(33)26-19-7-9-20(10-8-19)28-11-13-29(14-12-28)24(31)22-16-18-5-3-4-6-21(18)32-22/h3-10,16-17H,11-15H2,1-2H3,(H2,26,27,30,33). The van der Waals surface area contributed by atoms with Gasteiger partial charge in [0.2, 0.25) is 5.91 Å². The number of furan rings is 1. The zero-order valence-corrected chi connectivity index (χ0v) is 19.7. The van der Waals surface area contributed by atoms with E-state index in [4.69, 9.17) is 16.6 Å². The van der Waals surface area contributed by atoms with Gasteiger partial charge in [0.25, 0.3) is 5.91 Å². The van der Waals surface area contributed by atoms with Gasteiger partial charge in [-0.05, 0) is 54.5 Å². The number of anilines is 2. The predicted octanol–water partition coefficient (Wildman–Crippen LogP) is 4.25. The van der Waals surface area contributed by atoms with Crippen LogP contribution in [0.2, 0.25) is 0 Å². The molecule has 2 N–H and O–H groups in total. The van der Waals surface area contributed by atoms with Crippen LogP contribution in [-0.2, 0) is 4.79 Å². The summed E-state index contributed by atoms with van der Waals surface area (Å²) in [6.07, 6.45) is 0.436. The van der Waals surface area contributed by atoms with E-state index in [-0.39, 0.29) is 17.7 Å². The number of amides is 2. The first-order valence-corrected chi connectivity index (χ1v) is 11.5. The van der Waals surface area contributed by atoms with E-state index >= 15 is 0 Å². The van der Waals surface area contributed by atoms with Gasteiger partial charge in [-0.2, -0.15) is 0 Å². The summed E-state index contributed by atoms with van der Waals surface area (Å²) in [5.41, 5.74) is 2.62. The van der Waals surface area contributed by atoms with Crippen LogP contribution in [-0.4, -0.2) is 48.0 Å². The summed E-state index contributed by atoms with van der Waals surface area (Å²) in [7, 11) is 0. The Labute approximate surface area is 198 Å². The third-order valence-corrected chi connectivity index (χ3v) is 5.74. The van der Waals surface area contributed by atoms with Crippen molar-refractivity contribution >= 4 is 51.5 Å². The topological polar surface area (TPSA) is 77.8 Å². The lowest BCUT2D eigenvalue weighted by atomic mass is 10.1. The van der Waals surface area contributed by atoms with Gasteiger partial charge in [0.1, 0.15) is 5.58 Å². The zero-order valence-electron chi connectivity index (χ0n) is 18.8. The maximum Gasteiger partial charge on any atom is 0.289 e. The largest absolute Gasteiger partial charge is 0.451 e. The van der Waals surface area contributed by atoms with E-state index < -0.39 is 0 Å². The fourth-order valence-electron chi connectivity index (χ4n) is 3.88. The maximum atomic E-state index is 12.9. The Morgan fingerprint density at radius 1 is 1.03 bits per heavy atom. The van der Waals surface area contributed by atoms with Crippen molar-refractivity contribution in [2.45, 2.75) is 20.3 Å². The summed E-state index contributed by atoms with van der Waals surface area (Å²) in [6.45, 7) is 6.71. The molecule has 172 valence electrons. The van der Waals surface area contributed by atoms with Crippen molar-refractivity contribution in [1.82, 2.24) is 10.2 Å². The molecule has 2 heterocycles. The molecular formula is C25H28N4O3S. The zero-order chi connectivity index (χ0) is 23.4. The highest BCUT2D eigenvalue weighted by Gasteiger charge is 2.24. The van der Waals surface area contributed by atoms with Crippen molar-refractivity contribution in [2.24, 2.45) is 5.92 Å². The van der Waals surface area contributed by atoms with Crippen LogP contribution in [0.5, 0.6) is 0 Å². The third-order valence-electron chi connectivity index (χ3n) is 5.54. The molecule has 7 nitrogen and oxygen atoms in total. The predicted molar refractivity (Wildman–Crippen MR) is 135 cm³/mol. The summed E-state index contributed by atoms with van der Waals surface area (Å²) in [4.78, 5) is 28.8. The van der Waals surface area contributed by atoms with Crippen molar-refractivity contribution in [3.63, 3.8) is 0 Å². The van der Waals surface area contributed by atoms with Crippen LogP contribution in [0.15, 0.2) is 59.0 Å². The normalized spacial score (nSPS) is 13.9. The Morgan fingerprint density at radius 2 is 1.73 bits per heavy atom. The average molecular weight is 465 g/mol. The van der Waals surface area contributed by atoms with Crippen molar-refractivity contribution < 1.29 is 14.0 Å². The Hall–Kier alpha value is -3.39. The molecule has 1 saturated heterocycles. The Morgan fingerprint density at radius 3 is 2.39 bits per heavy atom. The van der Waals surface area contributed by atoms with E-state index in [1.807, 2.05) is 73.3 Å². The van der Waals surface area contributed by atoms with Crippen LogP contribution in [0.25, 0.3) is 11.0 Å². The number of fused-ring (bicyclic) bond motifs is 1. The van der Waals surface area contributed by atoms with Crippen molar-refractivity contribution in [2.75, 3.05) is 36.4 Å². The van der Waals surface area contributed by atoms with Crippen molar-refractivity contribution in [3.8, 4) is 0 Å². The fraction of sp³-hybridized carbons (Fsp3) is 0.320. The first kappa shape index (κ1) is 22.8. The molecule has 2 aromatic carbocycles. The van der Waals surface area contributed by atoms with E-state index in [0.717, 1.165) is 35.4 Å². The van der Waals surface area contributed by atoms with Gasteiger partial charge in [-0.1, -0.05) is 32.0 Å². The number of carbonyl (C=O) groups excluding carboxylic acids is 2. The fourth-order valence-corrected chi connectivity index (χ4v) is 4.11. The van der Waals surface area contributed by atoms with E-state index in [1.165, 1.54) is 0 Å². The van der Waals surface area contributed by atoms with E-state index in [2.05, 4.69) is 15.5 Å². The molecule has 3 aromatic rings. The second-order valence-corrected chi connectivity index (χ2v) is 8.98. The summed E-state index contributed by atoms with van der Waals surface area (Å²) in [6, 6.07) is 17.3. The molecule has 0 unspecified atom stereocenters. The van der Waals surface area contributed by atoms with Crippen LogP contribution in [0.1, 0.15) is 30.8 Å². The van der Waals surface area contributed by atoms with Gasteiger partial charge in [-0.25, -0.2) is 0 Å². The molecule has 0 atom stereocenters. The van der Waals surface area contributed by atoms with Crippen LogP contribution >= 0.6 is 12.2 Å². The van der Waals surface area contributed by atoms with Gasteiger partial charge in [0.05, 0.1) is 0 Å². The lowest BCUT2D eigenvalue weighted by molar-refractivity contribution is -0.120. The van der Waals surface area contributed by atoms with Gasteiger partial charge in [-0.3, -0.25) is 9.59 Å². The number of carbonyl (C=O) groups is 2. The minimum atomic E-state index is -0.0887. The molecular weight excluding hydrogens is 436 g/mol. The van der Waals surface area contributed by atoms with E-state index in [1.54, 1.807) is 0 Å². The molecule has 4 rings (SSSR count). The molecule has 0 bridgehead atoms. The van der Waals surface area contributed by atoms with Gasteiger partial charge >= 0.3 is 0 Å². The number of nitrogens with zero attached hydrogens (tertiary/aromatic N) is 2. The molecule has 0 spiro atoms. The van der Waals surface area contributed by atoms with Crippen molar-refractivity contribution in [3.05, 3.63) is 60.4 Å². The lowest BCUT2D eigenvalue weighted by Gasteiger charge is -2.35. The van der Waals surface area contributed by atoms with E-state index in [0.29, 0.717) is 30.4 Å².